The number of hydrogen-bond donors (Lipinski definition) is 1. The maximum atomic E-state index is 13.2. The lowest BCUT2D eigenvalue weighted by atomic mass is 10.1. The summed E-state index contributed by atoms with van der Waals surface area (Å²) in [5, 5.41) is 0.566. The van der Waals surface area contributed by atoms with Gasteiger partial charge in [0.05, 0.1) is 15.7 Å². The second-order valence-electron chi connectivity index (χ2n) is 8.31. The molecule has 0 amide bonds. The maximum absolute atomic E-state index is 13.2. The highest BCUT2D eigenvalue weighted by atomic mass is 35.5. The van der Waals surface area contributed by atoms with Gasteiger partial charge < -0.3 is 19.1 Å². The van der Waals surface area contributed by atoms with Crippen LogP contribution in [-0.4, -0.2) is 46.4 Å². The molecule has 1 fully saturated rings. The van der Waals surface area contributed by atoms with Crippen LogP contribution < -0.4 is 18.9 Å². The molecule has 1 saturated heterocycles. The molecule has 7 nitrogen and oxygen atoms in total. The van der Waals surface area contributed by atoms with Gasteiger partial charge in [0.1, 0.15) is 11.9 Å². The molecule has 180 valence electrons. The normalized spacial score (nSPS) is 17.8. The molecule has 3 heterocycles. The van der Waals surface area contributed by atoms with E-state index in [-0.39, 0.29) is 22.1 Å². The van der Waals surface area contributed by atoms with Crippen molar-refractivity contribution in [2.75, 3.05) is 31.7 Å². The molecule has 11 heteroatoms. The summed E-state index contributed by atoms with van der Waals surface area (Å²) in [5.41, 5.74) is 2.11. The van der Waals surface area contributed by atoms with E-state index in [0.29, 0.717) is 32.8 Å². The predicted molar refractivity (Wildman–Crippen MR) is 134 cm³/mol. The molecule has 34 heavy (non-hydrogen) atoms. The lowest BCUT2D eigenvalue weighted by Crippen LogP contribution is -2.21. The Labute approximate surface area is 212 Å². The zero-order valence-electron chi connectivity index (χ0n) is 18.4. The second kappa shape index (κ2) is 9.13. The Morgan fingerprint density at radius 3 is 2.62 bits per heavy atom. The first-order chi connectivity index (χ1) is 16.2. The van der Waals surface area contributed by atoms with E-state index in [1.165, 1.54) is 0 Å². The Kier molecular flexibility index (Phi) is 6.32. The standard InChI is InChI=1S/C23H22Cl2N2O5S2/c1-13-7-20-21(31-12-30-20)9-16(13)22-10-18(25)23(33-22)34(28,29)26-14-3-4-17(24)19(8-14)32-15-5-6-27(2)11-15/h3-4,7-10,15,26H,5-6,11-12H2,1-2H3/t15-/m1/s1. The highest BCUT2D eigenvalue weighted by Gasteiger charge is 2.26. The van der Waals surface area contributed by atoms with E-state index in [1.807, 2.05) is 26.1 Å². The summed E-state index contributed by atoms with van der Waals surface area (Å²) >= 11 is 13.8. The molecule has 0 saturated carbocycles. The SMILES string of the molecule is Cc1cc2c(cc1-c1cc(Cl)c(S(=O)(=O)Nc3ccc(Cl)c(O[C@@H]4CCN(C)C4)c3)s1)OCO2. The number of aryl methyl sites for hydroxylation is 1. The number of fused-ring (bicyclic) bond motifs is 1. The van der Waals surface area contributed by atoms with Crippen LogP contribution in [0.3, 0.4) is 0 Å². The fourth-order valence-electron chi connectivity index (χ4n) is 4.01. The van der Waals surface area contributed by atoms with Crippen molar-refractivity contribution in [1.29, 1.82) is 0 Å². The van der Waals surface area contributed by atoms with Gasteiger partial charge in [0, 0.05) is 24.0 Å². The molecule has 0 radical (unpaired) electrons. The van der Waals surface area contributed by atoms with Crippen molar-refractivity contribution in [3.05, 3.63) is 52.0 Å². The smallest absolute Gasteiger partial charge is 0.272 e. The molecule has 1 atom stereocenters. The van der Waals surface area contributed by atoms with E-state index in [9.17, 15) is 8.42 Å². The summed E-state index contributed by atoms with van der Waals surface area (Å²) in [4.78, 5) is 2.88. The molecule has 1 N–H and O–H groups in total. The molecule has 2 aliphatic heterocycles. The molecule has 0 bridgehead atoms. The first-order valence-electron chi connectivity index (χ1n) is 10.6. The summed E-state index contributed by atoms with van der Waals surface area (Å²) in [6, 6.07) is 10.2. The fraction of sp³-hybridized carbons (Fsp3) is 0.304. The number of sulfonamides is 1. The maximum Gasteiger partial charge on any atom is 0.272 e. The average Bonchev–Trinajstić information content (AvgIpc) is 3.49. The highest BCUT2D eigenvalue weighted by Crippen LogP contribution is 2.44. The molecule has 5 rings (SSSR count). The Morgan fingerprint density at radius 1 is 1.12 bits per heavy atom. The topological polar surface area (TPSA) is 77.1 Å². The molecular formula is C23H22Cl2N2O5S2. The minimum Gasteiger partial charge on any atom is -0.487 e. The summed E-state index contributed by atoms with van der Waals surface area (Å²) in [6.45, 7) is 3.82. The number of halogens is 2. The molecule has 1 aromatic heterocycles. The Morgan fingerprint density at radius 2 is 1.88 bits per heavy atom. The van der Waals surface area contributed by atoms with Gasteiger partial charge in [-0.2, -0.15) is 0 Å². The number of nitrogens with one attached hydrogen (secondary N) is 1. The monoisotopic (exact) mass is 540 g/mol. The van der Waals surface area contributed by atoms with Gasteiger partial charge in [0.2, 0.25) is 6.79 Å². The van der Waals surface area contributed by atoms with Crippen molar-refractivity contribution in [3.8, 4) is 27.7 Å². The van der Waals surface area contributed by atoms with Crippen LogP contribution in [0, 0.1) is 6.92 Å². The van der Waals surface area contributed by atoms with Gasteiger partial charge >= 0.3 is 0 Å². The van der Waals surface area contributed by atoms with Crippen molar-refractivity contribution >= 4 is 50.2 Å². The number of benzene rings is 2. The zero-order chi connectivity index (χ0) is 24.0. The number of rotatable bonds is 6. The third-order valence-electron chi connectivity index (χ3n) is 5.71. The fourth-order valence-corrected chi connectivity index (χ4v) is 7.30. The molecule has 2 aromatic carbocycles. The lowest BCUT2D eigenvalue weighted by Gasteiger charge is -2.16. The summed E-state index contributed by atoms with van der Waals surface area (Å²) in [6.07, 6.45) is 0.893. The van der Waals surface area contributed by atoms with Crippen molar-refractivity contribution in [2.45, 2.75) is 23.7 Å². The van der Waals surface area contributed by atoms with Gasteiger partial charge in [-0.3, -0.25) is 4.72 Å². The van der Waals surface area contributed by atoms with Crippen LogP contribution in [0.25, 0.3) is 10.4 Å². The largest absolute Gasteiger partial charge is 0.487 e. The number of hydrogen-bond acceptors (Lipinski definition) is 7. The summed E-state index contributed by atoms with van der Waals surface area (Å²) in [7, 11) is -1.92. The molecule has 0 unspecified atom stereocenters. The van der Waals surface area contributed by atoms with E-state index >= 15 is 0 Å². The summed E-state index contributed by atoms with van der Waals surface area (Å²) < 4.78 is 45.9. The average molecular weight is 541 g/mol. The van der Waals surface area contributed by atoms with E-state index < -0.39 is 10.0 Å². The van der Waals surface area contributed by atoms with Crippen molar-refractivity contribution < 1.29 is 22.6 Å². The van der Waals surface area contributed by atoms with Crippen LogP contribution in [0.15, 0.2) is 40.6 Å². The quantitative estimate of drug-likeness (QED) is 0.435. The number of thiophene rings is 1. The molecule has 3 aromatic rings. The van der Waals surface area contributed by atoms with Gasteiger partial charge in [0.15, 0.2) is 15.7 Å². The summed E-state index contributed by atoms with van der Waals surface area (Å²) in [5.74, 6) is 1.73. The minimum absolute atomic E-state index is 0.00796. The first kappa shape index (κ1) is 23.6. The van der Waals surface area contributed by atoms with Crippen molar-refractivity contribution in [1.82, 2.24) is 4.90 Å². The number of ether oxygens (including phenoxy) is 3. The number of nitrogens with zero attached hydrogens (tertiary/aromatic N) is 1. The zero-order valence-corrected chi connectivity index (χ0v) is 21.6. The second-order valence-corrected chi connectivity index (χ2v) is 12.1. The predicted octanol–water partition coefficient (Wildman–Crippen LogP) is 5.64. The number of likely N-dealkylation sites (tertiary alicyclic amines) is 1. The van der Waals surface area contributed by atoms with E-state index in [0.717, 1.165) is 42.0 Å². The van der Waals surface area contributed by atoms with Gasteiger partial charge in [-0.1, -0.05) is 23.2 Å². The van der Waals surface area contributed by atoms with Crippen LogP contribution in [0.2, 0.25) is 10.0 Å². The van der Waals surface area contributed by atoms with Gasteiger partial charge in [0.25, 0.3) is 10.0 Å². The Balaban J connectivity index is 1.40. The number of likely N-dealkylation sites (N-methyl/N-ethyl adjacent to an activating group) is 1. The van der Waals surface area contributed by atoms with Crippen LogP contribution >= 0.6 is 34.5 Å². The van der Waals surface area contributed by atoms with Crippen LogP contribution in [-0.2, 0) is 10.0 Å². The molecule has 0 spiro atoms. The van der Waals surface area contributed by atoms with Crippen LogP contribution in [0.5, 0.6) is 17.2 Å². The van der Waals surface area contributed by atoms with E-state index in [2.05, 4.69) is 9.62 Å². The van der Waals surface area contributed by atoms with Crippen molar-refractivity contribution in [3.63, 3.8) is 0 Å². The van der Waals surface area contributed by atoms with Gasteiger partial charge in [-0.05, 0) is 61.9 Å². The van der Waals surface area contributed by atoms with E-state index in [1.54, 1.807) is 24.3 Å². The van der Waals surface area contributed by atoms with Crippen LogP contribution in [0.4, 0.5) is 5.69 Å². The third-order valence-corrected chi connectivity index (χ3v) is 9.63. The van der Waals surface area contributed by atoms with Gasteiger partial charge in [-0.15, -0.1) is 11.3 Å². The molecule has 0 aliphatic carbocycles. The molecular weight excluding hydrogens is 519 g/mol. The Hall–Kier alpha value is -2.17. The lowest BCUT2D eigenvalue weighted by molar-refractivity contribution is 0.174. The Bertz CT molecular complexity index is 1360. The highest BCUT2D eigenvalue weighted by molar-refractivity contribution is 7.94. The first-order valence-corrected chi connectivity index (χ1v) is 13.6. The van der Waals surface area contributed by atoms with E-state index in [4.69, 9.17) is 37.4 Å². The third kappa shape index (κ3) is 4.67. The van der Waals surface area contributed by atoms with Crippen LogP contribution in [0.1, 0.15) is 12.0 Å². The van der Waals surface area contributed by atoms with Gasteiger partial charge in [-0.25, -0.2) is 8.42 Å². The minimum atomic E-state index is -3.95. The molecule has 2 aliphatic rings. The number of anilines is 1. The van der Waals surface area contributed by atoms with Crippen molar-refractivity contribution in [2.24, 2.45) is 0 Å².